The molecule has 0 bridgehead atoms. The second-order valence-corrected chi connectivity index (χ2v) is 4.53. The number of anilines is 2. The quantitative estimate of drug-likeness (QED) is 0.795. The van der Waals surface area contributed by atoms with Gasteiger partial charge in [-0.25, -0.2) is 4.79 Å². The molecule has 1 aromatic carbocycles. The highest BCUT2D eigenvalue weighted by atomic mass is 16.4. The molecule has 2 N–H and O–H groups in total. The van der Waals surface area contributed by atoms with Gasteiger partial charge in [0.25, 0.3) is 5.91 Å². The Hall–Kier alpha value is -2.63. The van der Waals surface area contributed by atoms with Crippen LogP contribution in [0.5, 0.6) is 0 Å². The van der Waals surface area contributed by atoms with Crippen LogP contribution in [0.1, 0.15) is 6.92 Å². The van der Waals surface area contributed by atoms with Crippen molar-refractivity contribution in [3.8, 4) is 0 Å². The van der Waals surface area contributed by atoms with Gasteiger partial charge in [-0.3, -0.25) is 9.59 Å². The number of para-hydroxylation sites is 2. The number of nitrogens with zero attached hydrogens (tertiary/aromatic N) is 1. The van der Waals surface area contributed by atoms with Crippen molar-refractivity contribution in [1.82, 2.24) is 0 Å². The van der Waals surface area contributed by atoms with Gasteiger partial charge in [0.1, 0.15) is 0 Å². The van der Waals surface area contributed by atoms with Gasteiger partial charge < -0.3 is 15.3 Å². The SMILES string of the molecule is CC1CN(C(=O)/C=C/C(=O)O)c2ccccc2NC1=O. The van der Waals surface area contributed by atoms with Gasteiger partial charge in [-0.1, -0.05) is 19.1 Å². The molecule has 20 heavy (non-hydrogen) atoms. The van der Waals surface area contributed by atoms with Gasteiger partial charge >= 0.3 is 5.97 Å². The van der Waals surface area contributed by atoms with Crippen LogP contribution in [0.2, 0.25) is 0 Å². The summed E-state index contributed by atoms with van der Waals surface area (Å²) in [5.74, 6) is -2.22. The minimum absolute atomic E-state index is 0.171. The Labute approximate surface area is 115 Å². The van der Waals surface area contributed by atoms with Crippen LogP contribution in [0.25, 0.3) is 0 Å². The number of carbonyl (C=O) groups is 3. The zero-order valence-corrected chi connectivity index (χ0v) is 10.9. The van der Waals surface area contributed by atoms with Gasteiger partial charge in [0, 0.05) is 18.7 Å². The van der Waals surface area contributed by atoms with E-state index in [9.17, 15) is 14.4 Å². The average Bonchev–Trinajstić information content (AvgIpc) is 2.54. The molecule has 0 radical (unpaired) electrons. The lowest BCUT2D eigenvalue weighted by atomic mass is 10.1. The number of rotatable bonds is 2. The molecule has 104 valence electrons. The number of fused-ring (bicyclic) bond motifs is 1. The first-order valence-electron chi connectivity index (χ1n) is 6.11. The van der Waals surface area contributed by atoms with Crippen LogP contribution < -0.4 is 10.2 Å². The molecule has 0 saturated carbocycles. The molecule has 1 heterocycles. The number of aliphatic carboxylic acids is 1. The maximum absolute atomic E-state index is 12.1. The molecular formula is C14H14N2O4. The topological polar surface area (TPSA) is 86.7 Å². The lowest BCUT2D eigenvalue weighted by Gasteiger charge is -2.21. The Kier molecular flexibility index (Phi) is 3.84. The van der Waals surface area contributed by atoms with Crippen LogP contribution in [-0.2, 0) is 14.4 Å². The van der Waals surface area contributed by atoms with Gasteiger partial charge in [0.05, 0.1) is 17.3 Å². The van der Waals surface area contributed by atoms with Gasteiger partial charge in [-0.15, -0.1) is 0 Å². The highest BCUT2D eigenvalue weighted by Crippen LogP contribution is 2.29. The van der Waals surface area contributed by atoms with E-state index in [4.69, 9.17) is 5.11 Å². The van der Waals surface area contributed by atoms with E-state index >= 15 is 0 Å². The Balaban J connectivity index is 2.38. The van der Waals surface area contributed by atoms with Crippen LogP contribution >= 0.6 is 0 Å². The lowest BCUT2D eigenvalue weighted by Crippen LogP contribution is -2.34. The highest BCUT2D eigenvalue weighted by molar-refractivity contribution is 6.09. The van der Waals surface area contributed by atoms with Crippen molar-refractivity contribution in [2.45, 2.75) is 6.92 Å². The van der Waals surface area contributed by atoms with E-state index in [0.29, 0.717) is 11.4 Å². The molecule has 0 aromatic heterocycles. The van der Waals surface area contributed by atoms with E-state index < -0.39 is 11.9 Å². The summed E-state index contributed by atoms with van der Waals surface area (Å²) in [5.41, 5.74) is 1.10. The van der Waals surface area contributed by atoms with Gasteiger partial charge in [-0.05, 0) is 12.1 Å². The van der Waals surface area contributed by atoms with Crippen molar-refractivity contribution < 1.29 is 19.5 Å². The molecule has 1 aliphatic heterocycles. The van der Waals surface area contributed by atoms with Crippen LogP contribution in [-0.4, -0.2) is 29.4 Å². The number of amides is 2. The van der Waals surface area contributed by atoms with Crippen molar-refractivity contribution >= 4 is 29.2 Å². The number of benzene rings is 1. The zero-order valence-electron chi connectivity index (χ0n) is 10.9. The Morgan fingerprint density at radius 3 is 2.75 bits per heavy atom. The summed E-state index contributed by atoms with van der Waals surface area (Å²) in [6, 6.07) is 6.92. The molecule has 0 aliphatic carbocycles. The molecular weight excluding hydrogens is 260 g/mol. The van der Waals surface area contributed by atoms with E-state index in [2.05, 4.69) is 5.32 Å². The first-order valence-corrected chi connectivity index (χ1v) is 6.11. The maximum Gasteiger partial charge on any atom is 0.328 e. The molecule has 0 fully saturated rings. The van der Waals surface area contributed by atoms with Crippen LogP contribution in [0.3, 0.4) is 0 Å². The summed E-state index contributed by atoms with van der Waals surface area (Å²) >= 11 is 0. The molecule has 2 amide bonds. The predicted molar refractivity (Wildman–Crippen MR) is 73.4 cm³/mol. The minimum Gasteiger partial charge on any atom is -0.478 e. The fourth-order valence-corrected chi connectivity index (χ4v) is 1.97. The smallest absolute Gasteiger partial charge is 0.328 e. The fraction of sp³-hybridized carbons (Fsp3) is 0.214. The number of carboxylic acid groups (broad SMARTS) is 1. The third-order valence-electron chi connectivity index (χ3n) is 2.99. The summed E-state index contributed by atoms with van der Waals surface area (Å²) in [7, 11) is 0. The summed E-state index contributed by atoms with van der Waals surface area (Å²) < 4.78 is 0. The zero-order chi connectivity index (χ0) is 14.7. The standard InChI is InChI=1S/C14H14N2O4/c1-9-8-16(12(17)6-7-13(18)19)11-5-3-2-4-10(11)15-14(9)20/h2-7,9H,8H2,1H3,(H,15,20)(H,18,19)/b7-6+. The fourth-order valence-electron chi connectivity index (χ4n) is 1.97. The van der Waals surface area contributed by atoms with Gasteiger partial charge in [0.2, 0.25) is 5.91 Å². The molecule has 2 rings (SSSR count). The molecule has 6 heteroatoms. The van der Waals surface area contributed by atoms with Gasteiger partial charge in [-0.2, -0.15) is 0 Å². The second kappa shape index (κ2) is 5.56. The first kappa shape index (κ1) is 13.8. The largest absolute Gasteiger partial charge is 0.478 e. The van der Waals surface area contributed by atoms with E-state index in [1.807, 2.05) is 0 Å². The van der Waals surface area contributed by atoms with Crippen molar-refractivity contribution in [2.24, 2.45) is 5.92 Å². The Morgan fingerprint density at radius 1 is 1.35 bits per heavy atom. The third-order valence-corrected chi connectivity index (χ3v) is 2.99. The van der Waals surface area contributed by atoms with E-state index in [-0.39, 0.29) is 18.4 Å². The Bertz CT molecular complexity index is 595. The van der Waals surface area contributed by atoms with Crippen molar-refractivity contribution in [2.75, 3.05) is 16.8 Å². The molecule has 1 unspecified atom stereocenters. The van der Waals surface area contributed by atoms with E-state index in [0.717, 1.165) is 12.2 Å². The monoisotopic (exact) mass is 274 g/mol. The van der Waals surface area contributed by atoms with Crippen LogP contribution in [0.4, 0.5) is 11.4 Å². The number of hydrogen-bond acceptors (Lipinski definition) is 3. The maximum atomic E-state index is 12.1. The summed E-state index contributed by atoms with van der Waals surface area (Å²) in [6.45, 7) is 1.91. The second-order valence-electron chi connectivity index (χ2n) is 4.53. The molecule has 1 aromatic rings. The predicted octanol–water partition coefficient (Wildman–Crippen LogP) is 1.25. The Morgan fingerprint density at radius 2 is 2.05 bits per heavy atom. The molecule has 6 nitrogen and oxygen atoms in total. The average molecular weight is 274 g/mol. The number of carbonyl (C=O) groups excluding carboxylic acids is 2. The molecule has 1 atom stereocenters. The lowest BCUT2D eigenvalue weighted by molar-refractivity contribution is -0.131. The number of carboxylic acids is 1. The summed E-state index contributed by atoms with van der Waals surface area (Å²) in [4.78, 5) is 35.8. The van der Waals surface area contributed by atoms with Crippen molar-refractivity contribution in [3.63, 3.8) is 0 Å². The van der Waals surface area contributed by atoms with Crippen molar-refractivity contribution in [3.05, 3.63) is 36.4 Å². The summed E-state index contributed by atoms with van der Waals surface area (Å²) in [6.07, 6.45) is 1.78. The van der Waals surface area contributed by atoms with Crippen molar-refractivity contribution in [1.29, 1.82) is 0 Å². The van der Waals surface area contributed by atoms with E-state index in [1.54, 1.807) is 31.2 Å². The van der Waals surface area contributed by atoms with Crippen LogP contribution in [0, 0.1) is 5.92 Å². The van der Waals surface area contributed by atoms with Crippen LogP contribution in [0.15, 0.2) is 36.4 Å². The summed E-state index contributed by atoms with van der Waals surface area (Å²) in [5, 5.41) is 11.3. The minimum atomic E-state index is -1.19. The molecule has 0 saturated heterocycles. The molecule has 0 spiro atoms. The molecule has 1 aliphatic rings. The number of nitrogens with one attached hydrogen (secondary N) is 1. The highest BCUT2D eigenvalue weighted by Gasteiger charge is 2.27. The third kappa shape index (κ3) is 2.85. The normalized spacial score (nSPS) is 18.4. The van der Waals surface area contributed by atoms with Gasteiger partial charge in [0.15, 0.2) is 0 Å². The van der Waals surface area contributed by atoms with E-state index in [1.165, 1.54) is 4.90 Å². The number of hydrogen-bond donors (Lipinski definition) is 2. The first-order chi connectivity index (χ1) is 9.49.